The molecule has 0 fully saturated rings. The van der Waals surface area contributed by atoms with Gasteiger partial charge in [-0.25, -0.2) is 8.78 Å². The molecule has 0 bridgehead atoms. The average molecular weight is 433 g/mol. The number of amides is 1. The number of anilines is 1. The summed E-state index contributed by atoms with van der Waals surface area (Å²) in [5.41, 5.74) is 0.782. The third-order valence-corrected chi connectivity index (χ3v) is 4.49. The van der Waals surface area contributed by atoms with Gasteiger partial charge < -0.3 is 14.8 Å². The lowest BCUT2D eigenvalue weighted by Crippen LogP contribution is -2.30. The Morgan fingerprint density at radius 2 is 1.68 bits per heavy atom. The monoisotopic (exact) mass is 432 g/mol. The standard InChI is InChI=1S/C24H30F2N2O3/c1-4-10-28(11-5-2)12-13-31-23-17-21(7-8-22(23)30-3)27-24(29)9-6-18-14-19(25)16-20(26)15-18/h6-9,14-17H,4-5,10-13H2,1-3H3,(H,27,29). The number of ether oxygens (including phenoxy) is 2. The lowest BCUT2D eigenvalue weighted by Gasteiger charge is -2.21. The van der Waals surface area contributed by atoms with Crippen LogP contribution in [0, 0.1) is 11.6 Å². The number of carbonyl (C=O) groups excluding carboxylic acids is 1. The number of rotatable bonds is 12. The van der Waals surface area contributed by atoms with Crippen molar-refractivity contribution in [2.24, 2.45) is 0 Å². The van der Waals surface area contributed by atoms with E-state index in [2.05, 4.69) is 24.1 Å². The van der Waals surface area contributed by atoms with Crippen molar-refractivity contribution in [3.05, 3.63) is 59.7 Å². The maximum atomic E-state index is 13.2. The van der Waals surface area contributed by atoms with E-state index in [0.717, 1.165) is 50.7 Å². The van der Waals surface area contributed by atoms with Gasteiger partial charge in [-0.15, -0.1) is 0 Å². The van der Waals surface area contributed by atoms with Crippen LogP contribution in [-0.2, 0) is 4.79 Å². The van der Waals surface area contributed by atoms with E-state index in [1.165, 1.54) is 12.2 Å². The number of carbonyl (C=O) groups is 1. The molecule has 0 radical (unpaired) electrons. The summed E-state index contributed by atoms with van der Waals surface area (Å²) in [7, 11) is 1.56. The summed E-state index contributed by atoms with van der Waals surface area (Å²) in [5, 5.41) is 2.71. The second-order valence-corrected chi connectivity index (χ2v) is 7.08. The molecule has 0 saturated heterocycles. The molecule has 0 aliphatic carbocycles. The van der Waals surface area contributed by atoms with Gasteiger partial charge in [-0.2, -0.15) is 0 Å². The Hall–Kier alpha value is -2.93. The van der Waals surface area contributed by atoms with Gasteiger partial charge in [0, 0.05) is 30.4 Å². The normalized spacial score (nSPS) is 11.2. The van der Waals surface area contributed by atoms with Crippen molar-refractivity contribution in [1.82, 2.24) is 4.90 Å². The first-order valence-electron chi connectivity index (χ1n) is 10.4. The summed E-state index contributed by atoms with van der Waals surface area (Å²) in [5.74, 6) is -0.731. The van der Waals surface area contributed by atoms with Crippen molar-refractivity contribution in [3.63, 3.8) is 0 Å². The topological polar surface area (TPSA) is 50.8 Å². The fourth-order valence-electron chi connectivity index (χ4n) is 3.15. The Bertz CT molecular complexity index is 861. The minimum absolute atomic E-state index is 0.259. The van der Waals surface area contributed by atoms with Crippen molar-refractivity contribution in [2.45, 2.75) is 26.7 Å². The summed E-state index contributed by atoms with van der Waals surface area (Å²) in [6.45, 7) is 7.64. The molecule has 2 rings (SSSR count). The molecular weight excluding hydrogens is 402 g/mol. The number of methoxy groups -OCH3 is 1. The smallest absolute Gasteiger partial charge is 0.248 e. The van der Waals surface area contributed by atoms with Crippen LogP contribution in [-0.4, -0.2) is 44.2 Å². The number of hydrogen-bond donors (Lipinski definition) is 1. The van der Waals surface area contributed by atoms with Gasteiger partial charge in [0.15, 0.2) is 11.5 Å². The number of benzene rings is 2. The molecule has 5 nitrogen and oxygen atoms in total. The SMILES string of the molecule is CCCN(CCC)CCOc1cc(NC(=O)C=Cc2cc(F)cc(F)c2)ccc1OC. The molecular formula is C24H30F2N2O3. The molecule has 0 aliphatic heterocycles. The summed E-state index contributed by atoms with van der Waals surface area (Å²) >= 11 is 0. The van der Waals surface area contributed by atoms with Crippen LogP contribution in [0.2, 0.25) is 0 Å². The Morgan fingerprint density at radius 3 is 2.29 bits per heavy atom. The zero-order valence-electron chi connectivity index (χ0n) is 18.3. The molecule has 1 N–H and O–H groups in total. The Morgan fingerprint density at radius 1 is 1.00 bits per heavy atom. The Labute approximate surface area is 182 Å². The second kappa shape index (κ2) is 12.7. The summed E-state index contributed by atoms with van der Waals surface area (Å²) in [4.78, 5) is 14.5. The maximum absolute atomic E-state index is 13.2. The van der Waals surface area contributed by atoms with Crippen LogP contribution in [0.3, 0.4) is 0 Å². The molecule has 31 heavy (non-hydrogen) atoms. The van der Waals surface area contributed by atoms with Gasteiger partial charge >= 0.3 is 0 Å². The first-order chi connectivity index (χ1) is 14.9. The molecule has 0 spiro atoms. The zero-order valence-corrected chi connectivity index (χ0v) is 18.3. The van der Waals surface area contributed by atoms with Crippen LogP contribution in [0.5, 0.6) is 11.5 Å². The van der Waals surface area contributed by atoms with E-state index in [9.17, 15) is 13.6 Å². The maximum Gasteiger partial charge on any atom is 0.248 e. The van der Waals surface area contributed by atoms with E-state index in [0.29, 0.717) is 23.8 Å². The molecule has 0 aromatic heterocycles. The van der Waals surface area contributed by atoms with Crippen molar-refractivity contribution in [1.29, 1.82) is 0 Å². The quantitative estimate of drug-likeness (QED) is 0.473. The highest BCUT2D eigenvalue weighted by Gasteiger charge is 2.09. The third kappa shape index (κ3) is 8.38. The van der Waals surface area contributed by atoms with Gasteiger partial charge in [0.05, 0.1) is 7.11 Å². The van der Waals surface area contributed by atoms with Gasteiger partial charge in [-0.1, -0.05) is 13.8 Å². The van der Waals surface area contributed by atoms with E-state index in [1.54, 1.807) is 25.3 Å². The van der Waals surface area contributed by atoms with Crippen LogP contribution in [0.15, 0.2) is 42.5 Å². The second-order valence-electron chi connectivity index (χ2n) is 7.08. The molecule has 7 heteroatoms. The Balaban J connectivity index is 2.00. The molecule has 168 valence electrons. The van der Waals surface area contributed by atoms with Crippen LogP contribution in [0.25, 0.3) is 6.08 Å². The minimum Gasteiger partial charge on any atom is -0.493 e. The Kier molecular flexibility index (Phi) is 9.97. The van der Waals surface area contributed by atoms with Crippen LogP contribution < -0.4 is 14.8 Å². The van der Waals surface area contributed by atoms with Crippen molar-refractivity contribution >= 4 is 17.7 Å². The lowest BCUT2D eigenvalue weighted by atomic mass is 10.2. The highest BCUT2D eigenvalue weighted by Crippen LogP contribution is 2.30. The first kappa shape index (κ1) is 24.3. The average Bonchev–Trinajstić information content (AvgIpc) is 2.72. The number of hydrogen-bond acceptors (Lipinski definition) is 4. The van der Waals surface area contributed by atoms with Gasteiger partial charge in [0.2, 0.25) is 5.91 Å². The minimum atomic E-state index is -0.701. The predicted octanol–water partition coefficient (Wildman–Crippen LogP) is 5.13. The largest absolute Gasteiger partial charge is 0.493 e. The molecule has 2 aromatic carbocycles. The van der Waals surface area contributed by atoms with Crippen LogP contribution in [0.1, 0.15) is 32.3 Å². The fraction of sp³-hybridized carbons (Fsp3) is 0.375. The highest BCUT2D eigenvalue weighted by atomic mass is 19.1. The van der Waals surface area contributed by atoms with E-state index in [1.807, 2.05) is 0 Å². The van der Waals surface area contributed by atoms with Crippen LogP contribution in [0.4, 0.5) is 14.5 Å². The number of nitrogens with zero attached hydrogens (tertiary/aromatic N) is 1. The third-order valence-electron chi connectivity index (χ3n) is 4.49. The van der Waals surface area contributed by atoms with E-state index >= 15 is 0 Å². The van der Waals surface area contributed by atoms with Crippen molar-refractivity contribution in [3.8, 4) is 11.5 Å². The predicted molar refractivity (Wildman–Crippen MR) is 120 cm³/mol. The molecule has 0 unspecified atom stereocenters. The van der Waals surface area contributed by atoms with Crippen molar-refractivity contribution < 1.29 is 23.0 Å². The molecule has 2 aromatic rings. The van der Waals surface area contributed by atoms with Gasteiger partial charge in [-0.3, -0.25) is 9.69 Å². The zero-order chi connectivity index (χ0) is 22.6. The summed E-state index contributed by atoms with van der Waals surface area (Å²) in [6, 6.07) is 8.17. The number of nitrogens with one attached hydrogen (secondary N) is 1. The molecule has 0 saturated carbocycles. The van der Waals surface area contributed by atoms with Gasteiger partial charge in [0.1, 0.15) is 18.2 Å². The van der Waals surface area contributed by atoms with E-state index in [-0.39, 0.29) is 5.56 Å². The molecule has 0 heterocycles. The molecule has 0 aliphatic rings. The fourth-order valence-corrected chi connectivity index (χ4v) is 3.15. The van der Waals surface area contributed by atoms with E-state index in [4.69, 9.17) is 9.47 Å². The summed E-state index contributed by atoms with van der Waals surface area (Å²) < 4.78 is 37.8. The van der Waals surface area contributed by atoms with E-state index < -0.39 is 17.5 Å². The summed E-state index contributed by atoms with van der Waals surface area (Å²) in [6.07, 6.45) is 4.73. The molecule has 1 amide bonds. The van der Waals surface area contributed by atoms with Gasteiger partial charge in [0.25, 0.3) is 0 Å². The van der Waals surface area contributed by atoms with Crippen molar-refractivity contribution in [2.75, 3.05) is 38.7 Å². The van der Waals surface area contributed by atoms with Gasteiger partial charge in [-0.05, 0) is 61.8 Å². The first-order valence-corrected chi connectivity index (χ1v) is 10.4. The number of halogens is 2. The van der Waals surface area contributed by atoms with Crippen LogP contribution >= 0.6 is 0 Å². The highest BCUT2D eigenvalue weighted by molar-refractivity contribution is 6.02. The molecule has 0 atom stereocenters. The lowest BCUT2D eigenvalue weighted by molar-refractivity contribution is -0.111.